The summed E-state index contributed by atoms with van der Waals surface area (Å²) in [6, 6.07) is 23.6. The van der Waals surface area contributed by atoms with Crippen molar-refractivity contribution < 1.29 is 9.32 Å². The molecule has 4 aromatic rings. The van der Waals surface area contributed by atoms with E-state index in [0.29, 0.717) is 5.69 Å². The first-order valence-electron chi connectivity index (χ1n) is 9.45. The highest BCUT2D eigenvalue weighted by molar-refractivity contribution is 9.10. The van der Waals surface area contributed by atoms with Crippen LogP contribution in [0.3, 0.4) is 0 Å². The van der Waals surface area contributed by atoms with E-state index in [1.807, 2.05) is 60.7 Å². The zero-order chi connectivity index (χ0) is 20.9. The molecule has 0 saturated heterocycles. The van der Waals surface area contributed by atoms with E-state index in [1.165, 1.54) is 6.08 Å². The summed E-state index contributed by atoms with van der Waals surface area (Å²) in [6.45, 7) is 2.07. The fraction of sp³-hybridized carbons (Fsp3) is 0.0400. The van der Waals surface area contributed by atoms with Crippen LogP contribution >= 0.6 is 15.9 Å². The Hall–Kier alpha value is -3.44. The monoisotopic (exact) mass is 458 g/mol. The van der Waals surface area contributed by atoms with Crippen LogP contribution < -0.4 is 5.32 Å². The van der Waals surface area contributed by atoms with E-state index in [-0.39, 0.29) is 5.91 Å². The van der Waals surface area contributed by atoms with Gasteiger partial charge in [0.1, 0.15) is 12.0 Å². The normalized spacial score (nSPS) is 11.0. The Bertz CT molecular complexity index is 1200. The minimum Gasteiger partial charge on any atom is -0.364 e. The lowest BCUT2D eigenvalue weighted by Crippen LogP contribution is -2.08. The second-order valence-electron chi connectivity index (χ2n) is 6.83. The van der Waals surface area contributed by atoms with E-state index >= 15 is 0 Å². The largest absolute Gasteiger partial charge is 0.364 e. The highest BCUT2D eigenvalue weighted by Crippen LogP contribution is 2.35. The van der Waals surface area contributed by atoms with Crippen LogP contribution in [0.1, 0.15) is 11.1 Å². The number of hydrogen-bond acceptors (Lipinski definition) is 3. The van der Waals surface area contributed by atoms with Gasteiger partial charge >= 0.3 is 0 Å². The van der Waals surface area contributed by atoms with Gasteiger partial charge in [0, 0.05) is 27.9 Å². The van der Waals surface area contributed by atoms with Crippen molar-refractivity contribution in [3.8, 4) is 22.4 Å². The summed E-state index contributed by atoms with van der Waals surface area (Å²) in [6.07, 6.45) is 4.85. The quantitative estimate of drug-likeness (QED) is 0.337. The molecular formula is C25H19BrN2O2. The van der Waals surface area contributed by atoms with Gasteiger partial charge in [-0.3, -0.25) is 4.79 Å². The van der Waals surface area contributed by atoms with Crippen molar-refractivity contribution in [1.82, 2.24) is 5.16 Å². The van der Waals surface area contributed by atoms with Crippen LogP contribution in [0.5, 0.6) is 0 Å². The predicted octanol–water partition coefficient (Wildman–Crippen LogP) is 6.73. The van der Waals surface area contributed by atoms with Crippen LogP contribution in [0, 0.1) is 6.92 Å². The maximum Gasteiger partial charge on any atom is 0.248 e. The highest BCUT2D eigenvalue weighted by atomic mass is 79.9. The third-order valence-electron chi connectivity index (χ3n) is 4.73. The fourth-order valence-corrected chi connectivity index (χ4v) is 3.49. The first kappa shape index (κ1) is 19.9. The molecule has 30 heavy (non-hydrogen) atoms. The summed E-state index contributed by atoms with van der Waals surface area (Å²) in [4.78, 5) is 12.4. The smallest absolute Gasteiger partial charge is 0.248 e. The number of aromatic nitrogens is 1. The number of carbonyl (C=O) groups is 1. The van der Waals surface area contributed by atoms with Crippen LogP contribution in [-0.4, -0.2) is 11.1 Å². The molecule has 0 aliphatic carbocycles. The van der Waals surface area contributed by atoms with Crippen LogP contribution in [0.15, 0.2) is 94.1 Å². The summed E-state index contributed by atoms with van der Waals surface area (Å²) >= 11 is 3.40. The molecule has 0 radical (unpaired) electrons. The van der Waals surface area contributed by atoms with Crippen molar-refractivity contribution in [2.45, 2.75) is 6.92 Å². The van der Waals surface area contributed by atoms with E-state index < -0.39 is 0 Å². The average molecular weight is 459 g/mol. The van der Waals surface area contributed by atoms with E-state index in [4.69, 9.17) is 4.52 Å². The second-order valence-corrected chi connectivity index (χ2v) is 7.75. The van der Waals surface area contributed by atoms with Gasteiger partial charge in [-0.05, 0) is 59.5 Å². The zero-order valence-corrected chi connectivity index (χ0v) is 17.9. The molecule has 0 aliphatic heterocycles. The molecule has 0 spiro atoms. The zero-order valence-electron chi connectivity index (χ0n) is 16.3. The lowest BCUT2D eigenvalue weighted by Gasteiger charge is -2.13. The number of carbonyl (C=O) groups excluding carboxylic acids is 1. The summed E-state index contributed by atoms with van der Waals surface area (Å²) < 4.78 is 6.05. The number of halogens is 1. The number of hydrogen-bond donors (Lipinski definition) is 1. The summed E-state index contributed by atoms with van der Waals surface area (Å²) in [5.41, 5.74) is 6.56. The van der Waals surface area contributed by atoms with Crippen molar-refractivity contribution in [1.29, 1.82) is 0 Å². The van der Waals surface area contributed by atoms with E-state index in [1.54, 1.807) is 12.3 Å². The third-order valence-corrected chi connectivity index (χ3v) is 5.26. The predicted molar refractivity (Wildman–Crippen MR) is 124 cm³/mol. The van der Waals surface area contributed by atoms with Crippen molar-refractivity contribution in [2.24, 2.45) is 0 Å². The number of nitrogens with zero attached hydrogens (tertiary/aromatic N) is 1. The van der Waals surface area contributed by atoms with Crippen LogP contribution in [0.4, 0.5) is 5.69 Å². The first-order chi connectivity index (χ1) is 14.6. The molecule has 0 saturated carbocycles. The molecular weight excluding hydrogens is 440 g/mol. The summed E-state index contributed by atoms with van der Waals surface area (Å²) in [7, 11) is 0. The maximum absolute atomic E-state index is 12.4. The Morgan fingerprint density at radius 3 is 2.50 bits per heavy atom. The Kier molecular flexibility index (Phi) is 5.91. The number of anilines is 1. The van der Waals surface area contributed by atoms with Gasteiger partial charge in [-0.25, -0.2) is 0 Å². The maximum atomic E-state index is 12.4. The Balaban J connectivity index is 1.62. The second kappa shape index (κ2) is 8.93. The molecule has 3 aromatic carbocycles. The molecule has 0 fully saturated rings. The molecule has 5 heteroatoms. The molecule has 0 aliphatic rings. The lowest BCUT2D eigenvalue weighted by atomic mass is 9.94. The van der Waals surface area contributed by atoms with Crippen molar-refractivity contribution >= 4 is 33.6 Å². The molecule has 4 rings (SSSR count). The fourth-order valence-electron chi connectivity index (χ4n) is 3.23. The molecule has 0 atom stereocenters. The number of nitrogens with one attached hydrogen (secondary N) is 1. The van der Waals surface area contributed by atoms with Gasteiger partial charge in [0.25, 0.3) is 0 Å². The highest BCUT2D eigenvalue weighted by Gasteiger charge is 2.13. The SMILES string of the molecule is Cc1ccccc1-c1ccc(NC(=O)C=Cc2ccc(Br)cc2)cc1-c1ccon1. The van der Waals surface area contributed by atoms with E-state index in [0.717, 1.165) is 38.0 Å². The van der Waals surface area contributed by atoms with Gasteiger partial charge in [-0.2, -0.15) is 0 Å². The molecule has 0 bridgehead atoms. The topological polar surface area (TPSA) is 55.1 Å². The standard InChI is InChI=1S/C25H19BrN2O2/c1-17-4-2-3-5-21(17)22-12-11-20(16-23(22)24-14-15-30-28-24)27-25(29)13-8-18-6-9-19(26)10-7-18/h2-16H,1H3,(H,27,29). The minimum atomic E-state index is -0.201. The molecule has 148 valence electrons. The summed E-state index contributed by atoms with van der Waals surface area (Å²) in [5.74, 6) is -0.201. The Morgan fingerprint density at radius 2 is 1.77 bits per heavy atom. The third kappa shape index (κ3) is 4.58. The number of benzene rings is 3. The van der Waals surface area contributed by atoms with Crippen molar-refractivity contribution in [3.63, 3.8) is 0 Å². The van der Waals surface area contributed by atoms with Gasteiger partial charge in [0.15, 0.2) is 0 Å². The molecule has 1 aromatic heterocycles. The van der Waals surface area contributed by atoms with Crippen molar-refractivity contribution in [3.05, 3.63) is 101 Å². The number of rotatable bonds is 5. The number of amides is 1. The van der Waals surface area contributed by atoms with E-state index in [2.05, 4.69) is 45.5 Å². The van der Waals surface area contributed by atoms with E-state index in [9.17, 15) is 4.79 Å². The molecule has 1 heterocycles. The summed E-state index contributed by atoms with van der Waals surface area (Å²) in [5, 5.41) is 7.03. The van der Waals surface area contributed by atoms with Gasteiger partial charge in [-0.1, -0.05) is 63.6 Å². The van der Waals surface area contributed by atoms with Crippen molar-refractivity contribution in [2.75, 3.05) is 5.32 Å². The lowest BCUT2D eigenvalue weighted by molar-refractivity contribution is -0.111. The average Bonchev–Trinajstić information content (AvgIpc) is 3.29. The Morgan fingerprint density at radius 1 is 0.967 bits per heavy atom. The molecule has 1 N–H and O–H groups in total. The number of aryl methyl sites for hydroxylation is 1. The van der Waals surface area contributed by atoms with Gasteiger partial charge in [0.05, 0.1) is 0 Å². The molecule has 4 nitrogen and oxygen atoms in total. The first-order valence-corrected chi connectivity index (χ1v) is 10.2. The van der Waals surface area contributed by atoms with Gasteiger partial charge in [-0.15, -0.1) is 0 Å². The molecule has 0 unspecified atom stereocenters. The van der Waals surface area contributed by atoms with Gasteiger partial charge in [0.2, 0.25) is 5.91 Å². The minimum absolute atomic E-state index is 0.201. The van der Waals surface area contributed by atoms with Crippen LogP contribution in [0.25, 0.3) is 28.5 Å². The van der Waals surface area contributed by atoms with Gasteiger partial charge < -0.3 is 9.84 Å². The Labute approximate surface area is 183 Å². The van der Waals surface area contributed by atoms with Crippen LogP contribution in [0.2, 0.25) is 0 Å². The van der Waals surface area contributed by atoms with Crippen LogP contribution in [-0.2, 0) is 4.79 Å². The molecule has 1 amide bonds.